The van der Waals surface area contributed by atoms with Crippen molar-refractivity contribution in [2.45, 2.75) is 0 Å². The van der Waals surface area contributed by atoms with Gasteiger partial charge in [0.2, 0.25) is 0 Å². The molecule has 0 saturated carbocycles. The van der Waals surface area contributed by atoms with Gasteiger partial charge in [-0.05, 0) is 30.3 Å². The van der Waals surface area contributed by atoms with Gasteiger partial charge >= 0.3 is 0 Å². The van der Waals surface area contributed by atoms with E-state index in [4.69, 9.17) is 11.0 Å². The molecule has 3 heteroatoms. The van der Waals surface area contributed by atoms with E-state index >= 15 is 0 Å². The molecule has 2 heterocycles. The molecule has 0 unspecified atom stereocenters. The molecule has 0 aliphatic heterocycles. The third kappa shape index (κ3) is 1.78. The molecule has 98 valence electrons. The first-order valence-corrected chi connectivity index (χ1v) is 6.61. The van der Waals surface area contributed by atoms with Crippen LogP contribution < -0.4 is 0 Å². The molecule has 0 aliphatic carbocycles. The van der Waals surface area contributed by atoms with Gasteiger partial charge in [-0.2, -0.15) is 0 Å². The molecule has 0 amide bonds. The molecule has 2 aromatic carbocycles. The fraction of sp³-hybridized carbons (Fsp3) is 0. The van der Waals surface area contributed by atoms with Gasteiger partial charge < -0.3 is 4.42 Å². The summed E-state index contributed by atoms with van der Waals surface area (Å²) in [5, 5.41) is 1.98. The smallest absolute Gasteiger partial charge is 0.188 e. The minimum atomic E-state index is 0.619. The Morgan fingerprint density at radius 3 is 2.71 bits per heavy atom. The fourth-order valence-corrected chi connectivity index (χ4v) is 2.58. The van der Waals surface area contributed by atoms with E-state index in [1.807, 2.05) is 48.5 Å². The highest BCUT2D eigenvalue weighted by Crippen LogP contribution is 2.36. The summed E-state index contributed by atoms with van der Waals surface area (Å²) in [5.41, 5.74) is 4.07. The first-order chi connectivity index (χ1) is 10.4. The number of hydrogen-bond acceptors (Lipinski definition) is 2. The Kier molecular flexibility index (Phi) is 2.48. The highest BCUT2D eigenvalue weighted by Gasteiger charge is 2.12. The number of para-hydroxylation sites is 1. The van der Waals surface area contributed by atoms with E-state index in [9.17, 15) is 0 Å². The Morgan fingerprint density at radius 2 is 1.90 bits per heavy atom. The van der Waals surface area contributed by atoms with E-state index in [0.717, 1.165) is 33.2 Å². The van der Waals surface area contributed by atoms with Gasteiger partial charge in [-0.15, -0.1) is 0 Å². The Morgan fingerprint density at radius 1 is 0.952 bits per heavy atom. The molecule has 0 fully saturated rings. The second-order valence-electron chi connectivity index (χ2n) is 4.79. The van der Waals surface area contributed by atoms with Gasteiger partial charge in [0.15, 0.2) is 5.69 Å². The summed E-state index contributed by atoms with van der Waals surface area (Å²) in [6.07, 6.45) is 1.77. The van der Waals surface area contributed by atoms with Crippen molar-refractivity contribution in [1.29, 1.82) is 0 Å². The number of benzene rings is 2. The quantitative estimate of drug-likeness (QED) is 0.445. The standard InChI is InChI=1S/C18H10N2O/c1-19-12-8-9-17-15(11-12)13-5-4-6-14(18(13)21-17)16-7-2-3-10-20-16/h2-11H. The lowest BCUT2D eigenvalue weighted by Crippen LogP contribution is -1.81. The van der Waals surface area contributed by atoms with Crippen molar-refractivity contribution in [3.05, 3.63) is 72.2 Å². The monoisotopic (exact) mass is 270 g/mol. The Balaban J connectivity index is 2.09. The molecule has 0 bridgehead atoms. The van der Waals surface area contributed by atoms with Crippen LogP contribution in [0.3, 0.4) is 0 Å². The van der Waals surface area contributed by atoms with Gasteiger partial charge in [-0.1, -0.05) is 24.3 Å². The van der Waals surface area contributed by atoms with Crippen LogP contribution in [0, 0.1) is 6.57 Å². The zero-order valence-corrected chi connectivity index (χ0v) is 11.1. The molecule has 4 rings (SSSR count). The Labute approximate surface area is 121 Å². The largest absolute Gasteiger partial charge is 0.455 e. The second-order valence-corrected chi connectivity index (χ2v) is 4.79. The molecule has 21 heavy (non-hydrogen) atoms. The number of pyridine rings is 1. The van der Waals surface area contributed by atoms with Gasteiger partial charge in [0, 0.05) is 22.5 Å². The molecule has 4 aromatic rings. The van der Waals surface area contributed by atoms with Crippen LogP contribution in [-0.2, 0) is 0 Å². The zero-order chi connectivity index (χ0) is 14.2. The maximum absolute atomic E-state index is 7.14. The van der Waals surface area contributed by atoms with Crippen LogP contribution in [0.2, 0.25) is 0 Å². The average molecular weight is 270 g/mol. The molecule has 3 nitrogen and oxygen atoms in total. The molecule has 2 aromatic heterocycles. The predicted octanol–water partition coefficient (Wildman–Crippen LogP) is 5.20. The SMILES string of the molecule is [C-]#[N+]c1ccc2oc3c(-c4ccccn4)cccc3c2c1. The molecule has 0 spiro atoms. The molecule has 0 aliphatic rings. The average Bonchev–Trinajstić information content (AvgIpc) is 2.93. The van der Waals surface area contributed by atoms with Gasteiger partial charge in [-0.25, -0.2) is 4.85 Å². The first-order valence-electron chi connectivity index (χ1n) is 6.61. The highest BCUT2D eigenvalue weighted by atomic mass is 16.3. The van der Waals surface area contributed by atoms with E-state index in [2.05, 4.69) is 9.83 Å². The zero-order valence-electron chi connectivity index (χ0n) is 11.1. The molecule has 0 N–H and O–H groups in total. The number of nitrogens with zero attached hydrogens (tertiary/aromatic N) is 2. The van der Waals surface area contributed by atoms with Crippen LogP contribution in [0.4, 0.5) is 5.69 Å². The van der Waals surface area contributed by atoms with Crippen molar-refractivity contribution in [3.63, 3.8) is 0 Å². The van der Waals surface area contributed by atoms with Crippen molar-refractivity contribution in [3.8, 4) is 11.3 Å². The van der Waals surface area contributed by atoms with Gasteiger partial charge in [0.25, 0.3) is 0 Å². The first kappa shape index (κ1) is 11.7. The van der Waals surface area contributed by atoms with E-state index in [-0.39, 0.29) is 0 Å². The normalized spacial score (nSPS) is 10.8. The number of hydrogen-bond donors (Lipinski definition) is 0. The third-order valence-corrected chi connectivity index (χ3v) is 3.55. The lowest BCUT2D eigenvalue weighted by molar-refractivity contribution is 0.670. The maximum Gasteiger partial charge on any atom is 0.188 e. The van der Waals surface area contributed by atoms with Crippen LogP contribution in [0.1, 0.15) is 0 Å². The van der Waals surface area contributed by atoms with E-state index in [0.29, 0.717) is 5.69 Å². The van der Waals surface area contributed by atoms with Crippen LogP contribution >= 0.6 is 0 Å². The van der Waals surface area contributed by atoms with E-state index < -0.39 is 0 Å². The van der Waals surface area contributed by atoms with Crippen LogP contribution in [0.15, 0.2) is 65.2 Å². The third-order valence-electron chi connectivity index (χ3n) is 3.55. The molecular weight excluding hydrogens is 260 g/mol. The number of aromatic nitrogens is 1. The van der Waals surface area contributed by atoms with Gasteiger partial charge in [0.05, 0.1) is 12.3 Å². The number of fused-ring (bicyclic) bond motifs is 3. The lowest BCUT2D eigenvalue weighted by Gasteiger charge is -2.00. The summed E-state index contributed by atoms with van der Waals surface area (Å²) in [4.78, 5) is 7.88. The summed E-state index contributed by atoms with van der Waals surface area (Å²) in [7, 11) is 0. The summed E-state index contributed by atoms with van der Waals surface area (Å²) in [6.45, 7) is 7.14. The topological polar surface area (TPSA) is 30.4 Å². The highest BCUT2D eigenvalue weighted by molar-refractivity contribution is 6.10. The van der Waals surface area contributed by atoms with Crippen LogP contribution in [0.5, 0.6) is 0 Å². The van der Waals surface area contributed by atoms with Crippen molar-refractivity contribution >= 4 is 27.6 Å². The fourth-order valence-electron chi connectivity index (χ4n) is 2.58. The maximum atomic E-state index is 7.14. The summed E-state index contributed by atoms with van der Waals surface area (Å²) >= 11 is 0. The van der Waals surface area contributed by atoms with Crippen LogP contribution in [-0.4, -0.2) is 4.98 Å². The number of rotatable bonds is 1. The predicted molar refractivity (Wildman–Crippen MR) is 83.2 cm³/mol. The molecular formula is C18H10N2O. The summed E-state index contributed by atoms with van der Waals surface area (Å²) in [6, 6.07) is 17.3. The van der Waals surface area contributed by atoms with Crippen molar-refractivity contribution in [2.24, 2.45) is 0 Å². The van der Waals surface area contributed by atoms with Crippen molar-refractivity contribution in [1.82, 2.24) is 4.98 Å². The second kappa shape index (κ2) is 4.46. The molecule has 0 radical (unpaired) electrons. The van der Waals surface area contributed by atoms with Crippen molar-refractivity contribution in [2.75, 3.05) is 0 Å². The minimum absolute atomic E-state index is 0.619. The summed E-state index contributed by atoms with van der Waals surface area (Å²) < 4.78 is 5.99. The lowest BCUT2D eigenvalue weighted by atomic mass is 10.1. The molecule has 0 atom stereocenters. The van der Waals surface area contributed by atoms with Crippen LogP contribution in [0.25, 0.3) is 38.0 Å². The van der Waals surface area contributed by atoms with Gasteiger partial charge in [-0.3, -0.25) is 4.98 Å². The Hall–Kier alpha value is -3.12. The minimum Gasteiger partial charge on any atom is -0.455 e. The number of furan rings is 1. The summed E-state index contributed by atoms with van der Waals surface area (Å²) in [5.74, 6) is 0. The Bertz CT molecular complexity index is 994. The van der Waals surface area contributed by atoms with E-state index in [1.165, 1.54) is 0 Å². The molecule has 0 saturated heterocycles. The van der Waals surface area contributed by atoms with Crippen molar-refractivity contribution < 1.29 is 4.42 Å². The van der Waals surface area contributed by atoms with Gasteiger partial charge in [0.1, 0.15) is 11.2 Å². The van der Waals surface area contributed by atoms with E-state index in [1.54, 1.807) is 12.3 Å².